The first-order chi connectivity index (χ1) is 12.7. The summed E-state index contributed by atoms with van der Waals surface area (Å²) in [5.74, 6) is 0.629. The standard InChI is InChI=1S/C19H15FN2O4/c20-14-3-1-2-13(9-14)15-10-18(26-22-15)19(23)21-11-12-4-5-16-17(8-12)25-7-6-24-16/h1-5,8-10H,6-7,11H2,(H,21,23). The van der Waals surface area contributed by atoms with Crippen LogP contribution in [-0.4, -0.2) is 24.3 Å². The molecule has 0 aliphatic carbocycles. The van der Waals surface area contributed by atoms with E-state index in [1.54, 1.807) is 12.1 Å². The molecule has 3 aromatic rings. The van der Waals surface area contributed by atoms with E-state index in [1.807, 2.05) is 18.2 Å². The fraction of sp³-hybridized carbons (Fsp3) is 0.158. The van der Waals surface area contributed by atoms with Crippen molar-refractivity contribution in [3.8, 4) is 22.8 Å². The molecule has 0 saturated heterocycles. The molecule has 1 aliphatic rings. The number of nitrogens with one attached hydrogen (secondary N) is 1. The molecule has 1 N–H and O–H groups in total. The summed E-state index contributed by atoms with van der Waals surface area (Å²) in [4.78, 5) is 12.2. The molecule has 1 aliphatic heterocycles. The van der Waals surface area contributed by atoms with E-state index in [-0.39, 0.29) is 11.6 Å². The van der Waals surface area contributed by atoms with Gasteiger partial charge in [0.05, 0.1) is 0 Å². The second kappa shape index (κ2) is 6.87. The van der Waals surface area contributed by atoms with Crippen LogP contribution in [0.3, 0.4) is 0 Å². The normalized spacial score (nSPS) is 12.7. The highest BCUT2D eigenvalue weighted by atomic mass is 19.1. The first-order valence-electron chi connectivity index (χ1n) is 8.08. The van der Waals surface area contributed by atoms with Crippen LogP contribution in [0.1, 0.15) is 16.1 Å². The summed E-state index contributed by atoms with van der Waals surface area (Å²) in [6.07, 6.45) is 0. The van der Waals surface area contributed by atoms with E-state index in [9.17, 15) is 9.18 Å². The van der Waals surface area contributed by atoms with Crippen LogP contribution < -0.4 is 14.8 Å². The van der Waals surface area contributed by atoms with Gasteiger partial charge >= 0.3 is 0 Å². The number of benzene rings is 2. The van der Waals surface area contributed by atoms with Crippen LogP contribution in [0, 0.1) is 5.82 Å². The van der Waals surface area contributed by atoms with Crippen molar-refractivity contribution in [3.63, 3.8) is 0 Å². The summed E-state index contributed by atoms with van der Waals surface area (Å²) in [6.45, 7) is 1.33. The SMILES string of the molecule is O=C(NCc1ccc2c(c1)OCCO2)c1cc(-c2cccc(F)c2)no1. The van der Waals surface area contributed by atoms with Gasteiger partial charge in [-0.2, -0.15) is 0 Å². The third-order valence-electron chi connectivity index (χ3n) is 3.91. The van der Waals surface area contributed by atoms with Gasteiger partial charge in [-0.15, -0.1) is 0 Å². The third kappa shape index (κ3) is 3.37. The molecule has 4 rings (SSSR count). The van der Waals surface area contributed by atoms with Crippen molar-refractivity contribution in [2.24, 2.45) is 0 Å². The highest BCUT2D eigenvalue weighted by molar-refractivity contribution is 5.92. The second-order valence-corrected chi connectivity index (χ2v) is 5.75. The van der Waals surface area contributed by atoms with E-state index in [0.717, 1.165) is 5.56 Å². The number of nitrogens with zero attached hydrogens (tertiary/aromatic N) is 1. The molecular formula is C19H15FN2O4. The molecular weight excluding hydrogens is 339 g/mol. The molecule has 2 heterocycles. The summed E-state index contributed by atoms with van der Waals surface area (Å²) in [5, 5.41) is 6.58. The predicted octanol–water partition coefficient (Wildman–Crippen LogP) is 3.18. The summed E-state index contributed by atoms with van der Waals surface area (Å²) >= 11 is 0. The molecule has 0 bridgehead atoms. The van der Waals surface area contributed by atoms with Crippen molar-refractivity contribution in [2.75, 3.05) is 13.2 Å². The maximum atomic E-state index is 13.3. The Labute approximate surface area is 148 Å². The van der Waals surface area contributed by atoms with Crippen LogP contribution in [0.5, 0.6) is 11.5 Å². The van der Waals surface area contributed by atoms with Crippen molar-refractivity contribution in [1.29, 1.82) is 0 Å². The molecule has 26 heavy (non-hydrogen) atoms. The molecule has 2 aromatic carbocycles. The highest BCUT2D eigenvalue weighted by Gasteiger charge is 2.15. The molecule has 7 heteroatoms. The zero-order chi connectivity index (χ0) is 17.9. The Bertz CT molecular complexity index is 954. The third-order valence-corrected chi connectivity index (χ3v) is 3.91. The summed E-state index contributed by atoms with van der Waals surface area (Å²) in [5.41, 5.74) is 1.81. The summed E-state index contributed by atoms with van der Waals surface area (Å²) < 4.78 is 29.3. The first-order valence-corrected chi connectivity index (χ1v) is 8.08. The molecule has 0 radical (unpaired) electrons. The van der Waals surface area contributed by atoms with Gasteiger partial charge in [0.25, 0.3) is 5.91 Å². The van der Waals surface area contributed by atoms with Crippen LogP contribution in [0.15, 0.2) is 53.1 Å². The van der Waals surface area contributed by atoms with E-state index in [4.69, 9.17) is 14.0 Å². The molecule has 1 aromatic heterocycles. The van der Waals surface area contributed by atoms with Crippen molar-refractivity contribution < 1.29 is 23.2 Å². The van der Waals surface area contributed by atoms with E-state index in [1.165, 1.54) is 18.2 Å². The van der Waals surface area contributed by atoms with E-state index in [0.29, 0.717) is 42.5 Å². The average molecular weight is 354 g/mol. The van der Waals surface area contributed by atoms with Gasteiger partial charge < -0.3 is 19.3 Å². The number of hydrogen-bond donors (Lipinski definition) is 1. The number of amides is 1. The van der Waals surface area contributed by atoms with Gasteiger partial charge in [0.2, 0.25) is 5.76 Å². The molecule has 0 unspecified atom stereocenters. The van der Waals surface area contributed by atoms with Crippen LogP contribution in [0.4, 0.5) is 4.39 Å². The lowest BCUT2D eigenvalue weighted by molar-refractivity contribution is 0.0914. The number of aromatic nitrogens is 1. The molecule has 0 atom stereocenters. The van der Waals surface area contributed by atoms with Crippen LogP contribution in [0.25, 0.3) is 11.3 Å². The number of halogens is 1. The Morgan fingerprint density at radius 3 is 2.77 bits per heavy atom. The van der Waals surface area contributed by atoms with E-state index >= 15 is 0 Å². The number of carbonyl (C=O) groups is 1. The lowest BCUT2D eigenvalue weighted by Gasteiger charge is -2.18. The minimum atomic E-state index is -0.407. The molecule has 6 nitrogen and oxygen atoms in total. The van der Waals surface area contributed by atoms with Gasteiger partial charge in [-0.05, 0) is 29.8 Å². The number of carbonyl (C=O) groups excluding carboxylic acids is 1. The van der Waals surface area contributed by atoms with Crippen LogP contribution >= 0.6 is 0 Å². The van der Waals surface area contributed by atoms with Crippen molar-refractivity contribution in [1.82, 2.24) is 10.5 Å². The highest BCUT2D eigenvalue weighted by Crippen LogP contribution is 2.30. The quantitative estimate of drug-likeness (QED) is 0.779. The fourth-order valence-electron chi connectivity index (χ4n) is 2.63. The monoisotopic (exact) mass is 354 g/mol. The number of rotatable bonds is 4. The molecule has 0 fully saturated rings. The van der Waals surface area contributed by atoms with Gasteiger partial charge in [-0.1, -0.05) is 23.4 Å². The van der Waals surface area contributed by atoms with Gasteiger partial charge in [0, 0.05) is 18.2 Å². The largest absolute Gasteiger partial charge is 0.486 e. The zero-order valence-corrected chi connectivity index (χ0v) is 13.7. The summed E-state index contributed by atoms with van der Waals surface area (Å²) in [7, 11) is 0. The molecule has 0 saturated carbocycles. The van der Waals surface area contributed by atoms with E-state index < -0.39 is 5.91 Å². The zero-order valence-electron chi connectivity index (χ0n) is 13.7. The Kier molecular flexibility index (Phi) is 4.27. The lowest BCUT2D eigenvalue weighted by atomic mass is 10.1. The van der Waals surface area contributed by atoms with Crippen LogP contribution in [-0.2, 0) is 6.54 Å². The number of fused-ring (bicyclic) bond motifs is 1. The molecule has 0 spiro atoms. The maximum Gasteiger partial charge on any atom is 0.290 e. The Morgan fingerprint density at radius 1 is 1.08 bits per heavy atom. The van der Waals surface area contributed by atoms with Gasteiger partial charge in [-0.3, -0.25) is 4.79 Å². The predicted molar refractivity (Wildman–Crippen MR) is 90.5 cm³/mol. The fourth-order valence-corrected chi connectivity index (χ4v) is 2.63. The van der Waals surface area contributed by atoms with Crippen molar-refractivity contribution >= 4 is 5.91 Å². The van der Waals surface area contributed by atoms with E-state index in [2.05, 4.69) is 10.5 Å². The number of ether oxygens (including phenoxy) is 2. The average Bonchev–Trinajstić information content (AvgIpc) is 3.16. The molecule has 1 amide bonds. The number of hydrogen-bond acceptors (Lipinski definition) is 5. The Morgan fingerprint density at radius 2 is 1.92 bits per heavy atom. The Hall–Kier alpha value is -3.35. The first kappa shape index (κ1) is 16.1. The molecule has 132 valence electrons. The van der Waals surface area contributed by atoms with Gasteiger partial charge in [-0.25, -0.2) is 4.39 Å². The van der Waals surface area contributed by atoms with Gasteiger partial charge in [0.15, 0.2) is 11.5 Å². The second-order valence-electron chi connectivity index (χ2n) is 5.75. The maximum absolute atomic E-state index is 13.3. The van der Waals surface area contributed by atoms with Gasteiger partial charge in [0.1, 0.15) is 24.7 Å². The minimum absolute atomic E-state index is 0.0572. The lowest BCUT2D eigenvalue weighted by Crippen LogP contribution is -2.22. The van der Waals surface area contributed by atoms with Crippen LogP contribution in [0.2, 0.25) is 0 Å². The topological polar surface area (TPSA) is 73.6 Å². The smallest absolute Gasteiger partial charge is 0.290 e. The summed E-state index contributed by atoms with van der Waals surface area (Å²) in [6, 6.07) is 12.9. The minimum Gasteiger partial charge on any atom is -0.486 e. The van der Waals surface area contributed by atoms with Crippen molar-refractivity contribution in [3.05, 3.63) is 65.7 Å². The van der Waals surface area contributed by atoms with Crippen molar-refractivity contribution in [2.45, 2.75) is 6.54 Å². The Balaban J connectivity index is 1.42.